The predicted octanol–water partition coefficient (Wildman–Crippen LogP) is 8.77. The number of ether oxygens (including phenoxy) is 2. The summed E-state index contributed by atoms with van der Waals surface area (Å²) in [5.41, 5.74) is 5.13. The number of nitro groups is 1. The van der Waals surface area contributed by atoms with Crippen molar-refractivity contribution in [3.8, 4) is 17.2 Å². The molecule has 5 heterocycles. The summed E-state index contributed by atoms with van der Waals surface area (Å²) in [6.45, 7) is 9.42. The Labute approximate surface area is 393 Å². The van der Waals surface area contributed by atoms with E-state index in [1.54, 1.807) is 24.4 Å². The number of sulfonamides is 1. The van der Waals surface area contributed by atoms with Gasteiger partial charge in [-0.2, -0.15) is 0 Å². The number of nitro benzene ring substituents is 1. The maximum absolute atomic E-state index is 14.1. The van der Waals surface area contributed by atoms with Crippen molar-refractivity contribution in [2.24, 2.45) is 11.3 Å². The molecule has 352 valence electrons. The van der Waals surface area contributed by atoms with E-state index in [2.05, 4.69) is 55.8 Å². The largest absolute Gasteiger partial charge is 0.489 e. The Balaban J connectivity index is 0.922. The van der Waals surface area contributed by atoms with E-state index in [-0.39, 0.29) is 46.7 Å². The number of amides is 2. The molecular formula is C48H53ClN8O9S. The molecule has 9 rings (SSSR count). The van der Waals surface area contributed by atoms with Crippen LogP contribution < -0.4 is 24.4 Å². The normalized spacial score (nSPS) is 19.1. The fraction of sp³-hybridized carbons (Fsp3) is 0.396. The zero-order chi connectivity index (χ0) is 47.0. The first-order valence-corrected chi connectivity index (χ1v) is 24.4. The van der Waals surface area contributed by atoms with Crippen molar-refractivity contribution in [2.45, 2.75) is 63.3 Å². The number of fused-ring (bicyclic) bond motifs is 2. The van der Waals surface area contributed by atoms with Gasteiger partial charge in [0, 0.05) is 86.3 Å². The molecule has 3 aromatic carbocycles. The van der Waals surface area contributed by atoms with Crippen LogP contribution in [0, 0.1) is 21.4 Å². The van der Waals surface area contributed by atoms with Crippen molar-refractivity contribution in [1.29, 1.82) is 0 Å². The number of pyridine rings is 1. The van der Waals surface area contributed by atoms with Crippen LogP contribution in [0.4, 0.5) is 21.9 Å². The van der Waals surface area contributed by atoms with Gasteiger partial charge in [-0.3, -0.25) is 19.8 Å². The first-order valence-electron chi connectivity index (χ1n) is 22.5. The van der Waals surface area contributed by atoms with Crippen molar-refractivity contribution in [1.82, 2.24) is 24.5 Å². The number of carbonyl (C=O) groups is 2. The summed E-state index contributed by atoms with van der Waals surface area (Å²) in [4.78, 5) is 50.1. The van der Waals surface area contributed by atoms with Crippen LogP contribution >= 0.6 is 11.6 Å². The Kier molecular flexibility index (Phi) is 12.8. The van der Waals surface area contributed by atoms with Crippen molar-refractivity contribution >= 4 is 67.3 Å². The number of nitrogens with one attached hydrogen (secondary N) is 3. The second-order valence-corrected chi connectivity index (χ2v) is 20.8. The number of likely N-dealkylation sites (tertiary alicyclic amines) is 1. The van der Waals surface area contributed by atoms with E-state index in [1.165, 1.54) is 33.9 Å². The smallest absolute Gasteiger partial charge is 0.407 e. The maximum Gasteiger partial charge on any atom is 0.407 e. The SMILES string of the molecule is CC1(C)CCC(CN2CCN(c3ccc(C(=O)NS(=O)(=O)c4cc5c(c([N+](=O)[O-])c4)NC(CC4CCN(C(=O)O)CC4)CO5)c(Oc4cnc5[nH]ccc5c4)c3)CC2)=C(c2ccc(Cl)cc2)C1. The quantitative estimate of drug-likeness (QED) is 0.0681. The van der Waals surface area contributed by atoms with E-state index < -0.39 is 37.5 Å². The summed E-state index contributed by atoms with van der Waals surface area (Å²) in [7, 11) is -4.70. The number of hydrogen-bond donors (Lipinski definition) is 4. The third-order valence-electron chi connectivity index (χ3n) is 13.4. The number of halogens is 1. The van der Waals surface area contributed by atoms with Gasteiger partial charge in [0.15, 0.2) is 11.4 Å². The number of H-pyrrole nitrogens is 1. The number of allylic oxidation sites excluding steroid dienone is 1. The first kappa shape index (κ1) is 45.8. The van der Waals surface area contributed by atoms with Gasteiger partial charge < -0.3 is 34.7 Å². The Bertz CT molecular complexity index is 2850. The Morgan fingerprint density at radius 3 is 2.52 bits per heavy atom. The number of piperidine rings is 1. The van der Waals surface area contributed by atoms with Gasteiger partial charge in [-0.1, -0.05) is 43.2 Å². The monoisotopic (exact) mass is 952 g/mol. The molecule has 5 aromatic rings. The summed E-state index contributed by atoms with van der Waals surface area (Å²) < 4.78 is 42.3. The summed E-state index contributed by atoms with van der Waals surface area (Å²) in [6, 6.07) is 18.5. The number of benzene rings is 3. The lowest BCUT2D eigenvalue weighted by Crippen LogP contribution is -2.47. The molecule has 2 saturated heterocycles. The van der Waals surface area contributed by atoms with Crippen LogP contribution in [0.1, 0.15) is 68.3 Å². The number of aromatic nitrogens is 2. The number of nitrogens with zero attached hydrogens (tertiary/aromatic N) is 5. The van der Waals surface area contributed by atoms with E-state index in [0.29, 0.717) is 56.8 Å². The van der Waals surface area contributed by atoms with Crippen molar-refractivity contribution in [3.05, 3.63) is 111 Å². The van der Waals surface area contributed by atoms with Gasteiger partial charge in [-0.15, -0.1) is 0 Å². The zero-order valence-corrected chi connectivity index (χ0v) is 38.9. The molecule has 0 spiro atoms. The van der Waals surface area contributed by atoms with Gasteiger partial charge in [-0.05, 0) is 97.4 Å². The van der Waals surface area contributed by atoms with Crippen LogP contribution in [0.2, 0.25) is 5.02 Å². The van der Waals surface area contributed by atoms with Gasteiger partial charge in [0.25, 0.3) is 21.6 Å². The number of piperazine rings is 1. The van der Waals surface area contributed by atoms with Gasteiger partial charge in [-0.25, -0.2) is 22.9 Å². The highest BCUT2D eigenvalue weighted by Gasteiger charge is 2.35. The van der Waals surface area contributed by atoms with Crippen LogP contribution in [0.5, 0.6) is 17.2 Å². The number of carbonyl (C=O) groups excluding carboxylic acids is 1. The third-order valence-corrected chi connectivity index (χ3v) is 15.0. The number of rotatable bonds is 12. The number of carboxylic acid groups (broad SMARTS) is 1. The lowest BCUT2D eigenvalue weighted by Gasteiger charge is -2.39. The van der Waals surface area contributed by atoms with E-state index >= 15 is 0 Å². The van der Waals surface area contributed by atoms with E-state index in [9.17, 15) is 33.2 Å². The minimum atomic E-state index is -4.70. The molecule has 2 fully saturated rings. The van der Waals surface area contributed by atoms with Gasteiger partial charge in [0.2, 0.25) is 0 Å². The van der Waals surface area contributed by atoms with Gasteiger partial charge in [0.1, 0.15) is 23.8 Å². The Morgan fingerprint density at radius 1 is 1.03 bits per heavy atom. The molecule has 1 atom stereocenters. The molecule has 67 heavy (non-hydrogen) atoms. The zero-order valence-electron chi connectivity index (χ0n) is 37.3. The third kappa shape index (κ3) is 10.3. The summed E-state index contributed by atoms with van der Waals surface area (Å²) in [6.07, 6.45) is 7.32. The molecule has 4 aliphatic rings. The average Bonchev–Trinajstić information content (AvgIpc) is 3.78. The first-order chi connectivity index (χ1) is 32.1. The molecule has 4 N–H and O–H groups in total. The van der Waals surface area contributed by atoms with Crippen LogP contribution in [-0.4, -0.2) is 109 Å². The molecule has 19 heteroatoms. The second-order valence-electron chi connectivity index (χ2n) is 18.7. The molecule has 2 amide bonds. The maximum atomic E-state index is 14.1. The molecule has 0 saturated carbocycles. The van der Waals surface area contributed by atoms with Gasteiger partial charge >= 0.3 is 6.09 Å². The number of aromatic amines is 1. The molecule has 1 aliphatic carbocycles. The average molecular weight is 954 g/mol. The minimum absolute atomic E-state index is 0.0346. The van der Waals surface area contributed by atoms with Crippen LogP contribution in [0.25, 0.3) is 16.6 Å². The molecule has 3 aliphatic heterocycles. The van der Waals surface area contributed by atoms with E-state index in [0.717, 1.165) is 67.1 Å². The predicted molar refractivity (Wildman–Crippen MR) is 255 cm³/mol. The van der Waals surface area contributed by atoms with Crippen molar-refractivity contribution in [2.75, 3.05) is 62.6 Å². The lowest BCUT2D eigenvalue weighted by atomic mass is 9.72. The highest BCUT2D eigenvalue weighted by Crippen LogP contribution is 2.44. The molecule has 17 nitrogen and oxygen atoms in total. The highest BCUT2D eigenvalue weighted by atomic mass is 35.5. The van der Waals surface area contributed by atoms with Crippen LogP contribution in [-0.2, 0) is 10.0 Å². The summed E-state index contributed by atoms with van der Waals surface area (Å²) in [5.74, 6) is -0.454. The van der Waals surface area contributed by atoms with Crippen LogP contribution in [0.3, 0.4) is 0 Å². The summed E-state index contributed by atoms with van der Waals surface area (Å²) >= 11 is 6.25. The Hall–Kier alpha value is -6.37. The Morgan fingerprint density at radius 2 is 1.79 bits per heavy atom. The fourth-order valence-electron chi connectivity index (χ4n) is 9.68. The topological polar surface area (TPSA) is 213 Å². The molecule has 0 radical (unpaired) electrons. The number of anilines is 2. The molecule has 0 bridgehead atoms. The van der Waals surface area contributed by atoms with Crippen molar-refractivity contribution < 1.29 is 37.5 Å². The van der Waals surface area contributed by atoms with E-state index in [1.807, 2.05) is 18.2 Å². The van der Waals surface area contributed by atoms with Crippen LogP contribution in [0.15, 0.2) is 89.6 Å². The molecule has 2 aromatic heterocycles. The van der Waals surface area contributed by atoms with Gasteiger partial charge in [0.05, 0.1) is 27.6 Å². The standard InChI is InChI=1S/C48H53ClN8O9S/c1-48(2)13-9-33(40(26-48)31-3-5-34(49)6-4-31)28-54-17-19-55(20-18-54)36-7-8-39(42(23-36)66-37-22-32-10-14-50-45(32)51-27-37)46(58)53-67(63,64)38-24-41(57(61)62)44-43(25-38)65-29-35(52-44)21-30-11-15-56(16-12-30)47(59)60/h3-8,10,14,22-25,27,30,35,52H,9,11-13,15-21,26,28-29H2,1-2H3,(H,50,51)(H,53,58)(H,59,60). The molecular weight excluding hydrogens is 900 g/mol. The minimum Gasteiger partial charge on any atom is -0.489 e. The molecule has 1 unspecified atom stereocenters. The van der Waals surface area contributed by atoms with E-state index in [4.69, 9.17) is 21.1 Å². The number of hydrogen-bond acceptors (Lipinski definition) is 12. The summed E-state index contributed by atoms with van der Waals surface area (Å²) in [5, 5.41) is 26.3. The second kappa shape index (κ2) is 18.7. The lowest BCUT2D eigenvalue weighted by molar-refractivity contribution is -0.384. The fourth-order valence-corrected chi connectivity index (χ4v) is 10.8. The van der Waals surface area contributed by atoms with Crippen molar-refractivity contribution in [3.63, 3.8) is 0 Å². The highest BCUT2D eigenvalue weighted by molar-refractivity contribution is 7.90.